The number of benzene rings is 2. The molecule has 0 atom stereocenters. The summed E-state index contributed by atoms with van der Waals surface area (Å²) in [6, 6.07) is 11.4. The van der Waals surface area contributed by atoms with Crippen molar-refractivity contribution >= 4 is 27.5 Å². The highest BCUT2D eigenvalue weighted by atomic mass is 79.9. The number of hydrogen-bond acceptors (Lipinski definition) is 2. The van der Waals surface area contributed by atoms with Gasteiger partial charge in [0, 0.05) is 4.47 Å². The standard InChI is InChI=1S/C15H11BrFNO2/c16-12-6-5-10(17)9-11(12)15(19)18-7-8-20-14-4-2-1-3-13(14)18/h1-6,9H,7-8H2. The number of fused-ring (bicyclic) bond motifs is 1. The van der Waals surface area contributed by atoms with Gasteiger partial charge in [0.2, 0.25) is 0 Å². The van der Waals surface area contributed by atoms with Crippen LogP contribution in [0.4, 0.5) is 10.1 Å². The average molecular weight is 336 g/mol. The Morgan fingerprint density at radius 2 is 2.05 bits per heavy atom. The van der Waals surface area contributed by atoms with E-state index in [1.54, 1.807) is 4.90 Å². The number of rotatable bonds is 1. The van der Waals surface area contributed by atoms with Crippen molar-refractivity contribution in [3.05, 3.63) is 58.3 Å². The summed E-state index contributed by atoms with van der Waals surface area (Å²) in [5, 5.41) is 0. The monoisotopic (exact) mass is 335 g/mol. The van der Waals surface area contributed by atoms with Crippen molar-refractivity contribution in [3.8, 4) is 5.75 Å². The lowest BCUT2D eigenvalue weighted by Gasteiger charge is -2.29. The molecule has 1 aliphatic rings. The van der Waals surface area contributed by atoms with Gasteiger partial charge in [-0.15, -0.1) is 0 Å². The lowest BCUT2D eigenvalue weighted by molar-refractivity contribution is 0.0975. The van der Waals surface area contributed by atoms with Crippen LogP contribution >= 0.6 is 15.9 Å². The second-order valence-electron chi connectivity index (χ2n) is 4.40. The summed E-state index contributed by atoms with van der Waals surface area (Å²) in [4.78, 5) is 14.2. The van der Waals surface area contributed by atoms with Crippen LogP contribution in [0, 0.1) is 5.82 Å². The SMILES string of the molecule is O=C(c1cc(F)ccc1Br)N1CCOc2ccccc21. The number of para-hydroxylation sites is 2. The maximum Gasteiger partial charge on any atom is 0.259 e. The Bertz CT molecular complexity index is 675. The first-order chi connectivity index (χ1) is 9.66. The van der Waals surface area contributed by atoms with Crippen LogP contribution in [0.25, 0.3) is 0 Å². The quantitative estimate of drug-likeness (QED) is 0.796. The Kier molecular flexibility index (Phi) is 3.44. The molecule has 0 saturated heterocycles. The van der Waals surface area contributed by atoms with Crippen molar-refractivity contribution in [2.24, 2.45) is 0 Å². The van der Waals surface area contributed by atoms with E-state index >= 15 is 0 Å². The van der Waals surface area contributed by atoms with Gasteiger partial charge in [0.05, 0.1) is 17.8 Å². The first-order valence-electron chi connectivity index (χ1n) is 6.15. The minimum Gasteiger partial charge on any atom is -0.490 e. The molecule has 0 saturated carbocycles. The fourth-order valence-corrected chi connectivity index (χ4v) is 2.60. The number of ether oxygens (including phenoxy) is 1. The number of carbonyl (C=O) groups is 1. The summed E-state index contributed by atoms with van der Waals surface area (Å²) in [6.45, 7) is 0.870. The largest absolute Gasteiger partial charge is 0.490 e. The average Bonchev–Trinajstić information content (AvgIpc) is 2.48. The van der Waals surface area contributed by atoms with Crippen LogP contribution < -0.4 is 9.64 Å². The van der Waals surface area contributed by atoms with Gasteiger partial charge in [-0.2, -0.15) is 0 Å². The van der Waals surface area contributed by atoms with E-state index in [0.717, 1.165) is 0 Å². The minimum absolute atomic E-state index is 0.243. The van der Waals surface area contributed by atoms with Crippen molar-refractivity contribution in [2.75, 3.05) is 18.1 Å². The molecule has 1 amide bonds. The van der Waals surface area contributed by atoms with Gasteiger partial charge >= 0.3 is 0 Å². The molecule has 0 aliphatic carbocycles. The van der Waals surface area contributed by atoms with Crippen LogP contribution in [0.3, 0.4) is 0 Å². The van der Waals surface area contributed by atoms with Crippen molar-refractivity contribution < 1.29 is 13.9 Å². The molecule has 1 aliphatic heterocycles. The van der Waals surface area contributed by atoms with Crippen LogP contribution in [0.1, 0.15) is 10.4 Å². The van der Waals surface area contributed by atoms with E-state index in [1.807, 2.05) is 24.3 Å². The zero-order chi connectivity index (χ0) is 14.1. The molecule has 0 fully saturated rings. The number of hydrogen-bond donors (Lipinski definition) is 0. The number of halogens is 2. The fraction of sp³-hybridized carbons (Fsp3) is 0.133. The van der Waals surface area contributed by atoms with Crippen LogP contribution in [0.5, 0.6) is 5.75 Å². The summed E-state index contributed by atoms with van der Waals surface area (Å²) < 4.78 is 19.4. The molecular formula is C15H11BrFNO2. The van der Waals surface area contributed by atoms with Crippen molar-refractivity contribution in [1.29, 1.82) is 0 Å². The summed E-state index contributed by atoms with van der Waals surface area (Å²) in [5.41, 5.74) is 1.02. The van der Waals surface area contributed by atoms with Gasteiger partial charge in [-0.3, -0.25) is 4.79 Å². The highest BCUT2D eigenvalue weighted by Crippen LogP contribution is 2.33. The predicted octanol–water partition coefficient (Wildman–Crippen LogP) is 3.63. The zero-order valence-electron chi connectivity index (χ0n) is 10.5. The normalized spacial score (nSPS) is 13.6. The van der Waals surface area contributed by atoms with E-state index in [-0.39, 0.29) is 5.91 Å². The second kappa shape index (κ2) is 5.25. The third-order valence-electron chi connectivity index (χ3n) is 3.13. The van der Waals surface area contributed by atoms with Gasteiger partial charge in [0.25, 0.3) is 5.91 Å². The maximum atomic E-state index is 13.4. The molecule has 102 valence electrons. The molecule has 2 aromatic rings. The first-order valence-corrected chi connectivity index (χ1v) is 6.95. The van der Waals surface area contributed by atoms with Gasteiger partial charge < -0.3 is 9.64 Å². The van der Waals surface area contributed by atoms with Crippen LogP contribution in [-0.4, -0.2) is 19.1 Å². The molecule has 20 heavy (non-hydrogen) atoms. The third-order valence-corrected chi connectivity index (χ3v) is 3.82. The van der Waals surface area contributed by atoms with Crippen LogP contribution in [0.2, 0.25) is 0 Å². The molecule has 0 bridgehead atoms. The smallest absolute Gasteiger partial charge is 0.259 e. The molecule has 1 heterocycles. The molecular weight excluding hydrogens is 325 g/mol. The Balaban J connectivity index is 2.02. The number of amides is 1. The molecule has 2 aromatic carbocycles. The van der Waals surface area contributed by atoms with E-state index in [2.05, 4.69) is 15.9 Å². The van der Waals surface area contributed by atoms with Crippen LogP contribution in [0.15, 0.2) is 46.9 Å². The minimum atomic E-state index is -0.432. The summed E-state index contributed by atoms with van der Waals surface area (Å²) >= 11 is 3.29. The van der Waals surface area contributed by atoms with Gasteiger partial charge in [0.15, 0.2) is 0 Å². The first kappa shape index (κ1) is 13.1. The molecule has 0 aromatic heterocycles. The molecule has 0 radical (unpaired) electrons. The van der Waals surface area contributed by atoms with E-state index < -0.39 is 5.82 Å². The van der Waals surface area contributed by atoms with Gasteiger partial charge in [-0.25, -0.2) is 4.39 Å². The van der Waals surface area contributed by atoms with Crippen molar-refractivity contribution in [1.82, 2.24) is 0 Å². The number of anilines is 1. The molecule has 3 nitrogen and oxygen atoms in total. The fourth-order valence-electron chi connectivity index (χ4n) is 2.19. The summed E-state index contributed by atoms with van der Waals surface area (Å²) in [5.74, 6) is -0.00940. The highest BCUT2D eigenvalue weighted by Gasteiger charge is 2.25. The maximum absolute atomic E-state index is 13.4. The Morgan fingerprint density at radius 3 is 2.90 bits per heavy atom. The van der Waals surface area contributed by atoms with Gasteiger partial charge in [-0.1, -0.05) is 12.1 Å². The van der Waals surface area contributed by atoms with Crippen LogP contribution in [-0.2, 0) is 0 Å². The molecule has 5 heteroatoms. The zero-order valence-corrected chi connectivity index (χ0v) is 12.1. The Hall–Kier alpha value is -1.88. The third kappa shape index (κ3) is 2.29. The molecule has 0 N–H and O–H groups in total. The Labute approximate surface area is 124 Å². The lowest BCUT2D eigenvalue weighted by Crippen LogP contribution is -2.38. The summed E-state index contributed by atoms with van der Waals surface area (Å²) in [7, 11) is 0. The topological polar surface area (TPSA) is 29.5 Å². The number of nitrogens with zero attached hydrogens (tertiary/aromatic N) is 1. The lowest BCUT2D eigenvalue weighted by atomic mass is 10.1. The number of carbonyl (C=O) groups excluding carboxylic acids is 1. The summed E-state index contributed by atoms with van der Waals surface area (Å²) in [6.07, 6.45) is 0. The van der Waals surface area contributed by atoms with Gasteiger partial charge in [-0.05, 0) is 46.3 Å². The van der Waals surface area contributed by atoms with Crippen molar-refractivity contribution in [2.45, 2.75) is 0 Å². The molecule has 0 spiro atoms. The second-order valence-corrected chi connectivity index (χ2v) is 5.25. The molecule has 3 rings (SSSR count). The predicted molar refractivity (Wildman–Crippen MR) is 77.7 cm³/mol. The van der Waals surface area contributed by atoms with E-state index in [9.17, 15) is 9.18 Å². The highest BCUT2D eigenvalue weighted by molar-refractivity contribution is 9.10. The molecule has 0 unspecified atom stereocenters. The van der Waals surface area contributed by atoms with E-state index in [1.165, 1.54) is 18.2 Å². The Morgan fingerprint density at radius 1 is 1.25 bits per heavy atom. The van der Waals surface area contributed by atoms with E-state index in [0.29, 0.717) is 34.6 Å². The van der Waals surface area contributed by atoms with E-state index in [4.69, 9.17) is 4.74 Å². The van der Waals surface area contributed by atoms with Gasteiger partial charge in [0.1, 0.15) is 18.2 Å². The van der Waals surface area contributed by atoms with Crippen molar-refractivity contribution in [3.63, 3.8) is 0 Å².